The SMILES string of the molecule is COc1ccc(C)cc1C(Cl)c1ccc(SC)cc1. The number of halogens is 1. The van der Waals surface area contributed by atoms with Crippen LogP contribution in [0.25, 0.3) is 0 Å². The molecule has 0 aromatic heterocycles. The van der Waals surface area contributed by atoms with Crippen LogP contribution in [0.15, 0.2) is 47.4 Å². The van der Waals surface area contributed by atoms with Crippen LogP contribution in [0.5, 0.6) is 5.75 Å². The van der Waals surface area contributed by atoms with Crippen LogP contribution in [-0.4, -0.2) is 13.4 Å². The van der Waals surface area contributed by atoms with Gasteiger partial charge < -0.3 is 4.74 Å². The Morgan fingerprint density at radius 2 is 1.79 bits per heavy atom. The maximum atomic E-state index is 6.60. The third-order valence-corrected chi connectivity index (χ3v) is 4.30. The van der Waals surface area contributed by atoms with Crippen LogP contribution in [0.2, 0.25) is 0 Å². The number of thioether (sulfide) groups is 1. The average molecular weight is 293 g/mol. The lowest BCUT2D eigenvalue weighted by molar-refractivity contribution is 0.410. The molecular weight excluding hydrogens is 276 g/mol. The Labute approximate surface area is 123 Å². The fraction of sp³-hybridized carbons (Fsp3) is 0.250. The van der Waals surface area contributed by atoms with E-state index in [9.17, 15) is 0 Å². The van der Waals surface area contributed by atoms with Crippen molar-refractivity contribution in [3.8, 4) is 5.75 Å². The van der Waals surface area contributed by atoms with Crippen molar-refractivity contribution < 1.29 is 4.74 Å². The van der Waals surface area contributed by atoms with Crippen molar-refractivity contribution in [1.82, 2.24) is 0 Å². The zero-order valence-electron chi connectivity index (χ0n) is 11.3. The molecule has 0 aliphatic carbocycles. The van der Waals surface area contributed by atoms with E-state index in [4.69, 9.17) is 16.3 Å². The van der Waals surface area contributed by atoms with Crippen LogP contribution in [-0.2, 0) is 0 Å². The van der Waals surface area contributed by atoms with Gasteiger partial charge in [-0.05, 0) is 36.9 Å². The van der Waals surface area contributed by atoms with E-state index >= 15 is 0 Å². The van der Waals surface area contributed by atoms with Gasteiger partial charge in [-0.3, -0.25) is 0 Å². The van der Waals surface area contributed by atoms with E-state index in [1.165, 1.54) is 10.5 Å². The largest absolute Gasteiger partial charge is 0.496 e. The highest BCUT2D eigenvalue weighted by Gasteiger charge is 2.15. The minimum atomic E-state index is -0.189. The number of aryl methyl sites for hydroxylation is 1. The number of rotatable bonds is 4. The first-order valence-corrected chi connectivity index (χ1v) is 7.74. The predicted octanol–water partition coefficient (Wildman–Crippen LogP) is 5.05. The van der Waals surface area contributed by atoms with Crippen molar-refractivity contribution in [3.63, 3.8) is 0 Å². The smallest absolute Gasteiger partial charge is 0.123 e. The van der Waals surface area contributed by atoms with Crippen molar-refractivity contribution in [3.05, 3.63) is 59.2 Å². The van der Waals surface area contributed by atoms with Crippen molar-refractivity contribution in [2.75, 3.05) is 13.4 Å². The van der Waals surface area contributed by atoms with Crippen LogP contribution in [0.1, 0.15) is 22.1 Å². The molecule has 2 aromatic carbocycles. The average Bonchev–Trinajstić information content (AvgIpc) is 2.46. The van der Waals surface area contributed by atoms with Crippen molar-refractivity contribution in [2.45, 2.75) is 17.2 Å². The van der Waals surface area contributed by atoms with Crippen LogP contribution >= 0.6 is 23.4 Å². The Bertz CT molecular complexity index is 551. The molecule has 1 nitrogen and oxygen atoms in total. The Morgan fingerprint density at radius 3 is 2.37 bits per heavy atom. The quantitative estimate of drug-likeness (QED) is 0.576. The standard InChI is InChI=1S/C16H17ClOS/c1-11-4-9-15(18-2)14(10-11)16(17)12-5-7-13(19-3)8-6-12/h4-10,16H,1-3H3. The monoisotopic (exact) mass is 292 g/mol. The second-order valence-corrected chi connectivity index (χ2v) is 5.70. The van der Waals surface area contributed by atoms with Crippen LogP contribution in [0, 0.1) is 6.92 Å². The lowest BCUT2D eigenvalue weighted by atomic mass is 10.0. The third kappa shape index (κ3) is 3.26. The molecule has 0 saturated carbocycles. The second-order valence-electron chi connectivity index (χ2n) is 4.38. The highest BCUT2D eigenvalue weighted by Crippen LogP contribution is 2.36. The van der Waals surface area contributed by atoms with Gasteiger partial charge in [-0.15, -0.1) is 23.4 Å². The molecule has 0 fully saturated rings. The van der Waals surface area contributed by atoms with Crippen molar-refractivity contribution >= 4 is 23.4 Å². The topological polar surface area (TPSA) is 9.23 Å². The molecule has 0 radical (unpaired) electrons. The lowest BCUT2D eigenvalue weighted by Crippen LogP contribution is -1.98. The summed E-state index contributed by atoms with van der Waals surface area (Å²) < 4.78 is 5.40. The fourth-order valence-electron chi connectivity index (χ4n) is 2.00. The molecule has 0 aliphatic rings. The minimum absolute atomic E-state index is 0.189. The second kappa shape index (κ2) is 6.36. The van der Waals surface area contributed by atoms with Gasteiger partial charge in [-0.2, -0.15) is 0 Å². The van der Waals surface area contributed by atoms with E-state index in [2.05, 4.69) is 43.5 Å². The summed E-state index contributed by atoms with van der Waals surface area (Å²) in [7, 11) is 1.68. The zero-order chi connectivity index (χ0) is 13.8. The Balaban J connectivity index is 2.36. The fourth-order valence-corrected chi connectivity index (χ4v) is 2.73. The van der Waals surface area contributed by atoms with Gasteiger partial charge in [-0.25, -0.2) is 0 Å². The van der Waals surface area contributed by atoms with Gasteiger partial charge in [0.25, 0.3) is 0 Å². The summed E-state index contributed by atoms with van der Waals surface area (Å²) >= 11 is 8.32. The Kier molecular flexibility index (Phi) is 4.78. The van der Waals surface area contributed by atoms with Crippen molar-refractivity contribution in [2.24, 2.45) is 0 Å². The zero-order valence-corrected chi connectivity index (χ0v) is 12.9. The maximum absolute atomic E-state index is 6.60. The highest BCUT2D eigenvalue weighted by molar-refractivity contribution is 7.98. The summed E-state index contributed by atoms with van der Waals surface area (Å²) in [6.45, 7) is 2.06. The Hall–Kier alpha value is -1.12. The van der Waals surface area contributed by atoms with Crippen LogP contribution in [0.4, 0.5) is 0 Å². The summed E-state index contributed by atoms with van der Waals surface area (Å²) in [4.78, 5) is 1.24. The van der Waals surface area contributed by atoms with E-state index in [0.29, 0.717) is 0 Å². The molecule has 0 N–H and O–H groups in total. The summed E-state index contributed by atoms with van der Waals surface area (Å²) in [5.74, 6) is 0.833. The third-order valence-electron chi connectivity index (χ3n) is 3.07. The molecule has 19 heavy (non-hydrogen) atoms. The van der Waals surface area contributed by atoms with Gasteiger partial charge in [0.2, 0.25) is 0 Å². The Morgan fingerprint density at radius 1 is 1.11 bits per heavy atom. The number of methoxy groups -OCH3 is 1. The number of alkyl halides is 1. The molecule has 0 spiro atoms. The molecule has 0 bridgehead atoms. The summed E-state index contributed by atoms with van der Waals surface area (Å²) in [6, 6.07) is 14.4. The van der Waals surface area contributed by atoms with Crippen LogP contribution in [0.3, 0.4) is 0 Å². The molecule has 100 valence electrons. The highest BCUT2D eigenvalue weighted by atomic mass is 35.5. The van der Waals surface area contributed by atoms with Gasteiger partial charge >= 0.3 is 0 Å². The van der Waals surface area contributed by atoms with E-state index in [0.717, 1.165) is 16.9 Å². The molecule has 0 amide bonds. The minimum Gasteiger partial charge on any atom is -0.496 e. The number of ether oxygens (including phenoxy) is 1. The number of hydrogen-bond acceptors (Lipinski definition) is 2. The molecule has 2 aromatic rings. The van der Waals surface area contributed by atoms with E-state index in [-0.39, 0.29) is 5.38 Å². The van der Waals surface area contributed by atoms with Gasteiger partial charge in [-0.1, -0.05) is 29.8 Å². The molecular formula is C16H17ClOS. The number of benzene rings is 2. The predicted molar refractivity (Wildman–Crippen MR) is 83.7 cm³/mol. The molecule has 0 aliphatic heterocycles. The molecule has 2 rings (SSSR count). The van der Waals surface area contributed by atoms with Gasteiger partial charge in [0.1, 0.15) is 5.75 Å². The first-order valence-electron chi connectivity index (χ1n) is 6.08. The van der Waals surface area contributed by atoms with E-state index in [1.54, 1.807) is 18.9 Å². The van der Waals surface area contributed by atoms with Gasteiger partial charge in [0.05, 0.1) is 12.5 Å². The molecule has 1 atom stereocenters. The molecule has 3 heteroatoms. The lowest BCUT2D eigenvalue weighted by Gasteiger charge is -2.15. The molecule has 0 saturated heterocycles. The summed E-state index contributed by atoms with van der Waals surface area (Å²) in [5, 5.41) is -0.189. The first-order chi connectivity index (χ1) is 9.15. The summed E-state index contributed by atoms with van der Waals surface area (Å²) in [6.07, 6.45) is 2.07. The van der Waals surface area contributed by atoms with Crippen LogP contribution < -0.4 is 4.74 Å². The van der Waals surface area contributed by atoms with Gasteiger partial charge in [0.15, 0.2) is 0 Å². The first kappa shape index (κ1) is 14.3. The number of hydrogen-bond donors (Lipinski definition) is 0. The van der Waals surface area contributed by atoms with Gasteiger partial charge in [0, 0.05) is 10.5 Å². The molecule has 1 unspecified atom stereocenters. The summed E-state index contributed by atoms with van der Waals surface area (Å²) in [5.41, 5.74) is 3.28. The normalized spacial score (nSPS) is 12.2. The maximum Gasteiger partial charge on any atom is 0.123 e. The van der Waals surface area contributed by atoms with E-state index < -0.39 is 0 Å². The molecule has 0 heterocycles. The van der Waals surface area contributed by atoms with E-state index in [1.807, 2.05) is 12.1 Å². The van der Waals surface area contributed by atoms with Crippen molar-refractivity contribution in [1.29, 1.82) is 0 Å².